The topological polar surface area (TPSA) is 77.8 Å². The van der Waals surface area contributed by atoms with Gasteiger partial charge in [-0.3, -0.25) is 0 Å². The summed E-state index contributed by atoms with van der Waals surface area (Å²) < 4.78 is 5.48. The summed E-state index contributed by atoms with van der Waals surface area (Å²) in [5.41, 5.74) is 9.77. The highest BCUT2D eigenvalue weighted by Gasteiger charge is 2.39. The molecule has 1 aliphatic rings. The molecule has 1 saturated carbocycles. The van der Waals surface area contributed by atoms with E-state index in [1.54, 1.807) is 23.1 Å². The first kappa shape index (κ1) is 14.9. The summed E-state index contributed by atoms with van der Waals surface area (Å²) in [7, 11) is 0. The van der Waals surface area contributed by atoms with Crippen molar-refractivity contribution < 1.29 is 4.52 Å². The Labute approximate surface area is 142 Å². The van der Waals surface area contributed by atoms with E-state index in [-0.39, 0.29) is 0 Å². The quantitative estimate of drug-likeness (QED) is 0.709. The van der Waals surface area contributed by atoms with Gasteiger partial charge in [0.15, 0.2) is 5.82 Å². The van der Waals surface area contributed by atoms with Crippen LogP contribution in [-0.4, -0.2) is 15.1 Å². The Bertz CT molecular complexity index is 796. The van der Waals surface area contributed by atoms with Crippen LogP contribution in [0.5, 0.6) is 0 Å². The molecule has 7 heteroatoms. The highest BCUT2D eigenvalue weighted by atomic mass is 32.2. The number of hydrogen-bond acceptors (Lipinski definition) is 7. The second kappa shape index (κ2) is 6.07. The maximum atomic E-state index is 6.28. The Balaban J connectivity index is 1.59. The molecule has 2 N–H and O–H groups in total. The smallest absolute Gasteiger partial charge is 0.259 e. The largest absolute Gasteiger partial charge is 0.334 e. The van der Waals surface area contributed by atoms with E-state index < -0.39 is 5.54 Å². The Hall–Kier alpha value is -1.70. The second-order valence-corrected chi connectivity index (χ2v) is 7.43. The number of thioether (sulfide) groups is 1. The van der Waals surface area contributed by atoms with Gasteiger partial charge in [-0.1, -0.05) is 17.3 Å². The first-order valence-electron chi connectivity index (χ1n) is 7.47. The molecule has 2 heterocycles. The van der Waals surface area contributed by atoms with Crippen LogP contribution in [0, 0.1) is 0 Å². The number of aromatic nitrogens is 3. The van der Waals surface area contributed by atoms with Crippen molar-refractivity contribution in [3.05, 3.63) is 46.7 Å². The minimum Gasteiger partial charge on any atom is -0.334 e. The fourth-order valence-electron chi connectivity index (χ4n) is 2.55. The fraction of sp³-hybridized carbons (Fsp3) is 0.312. The second-order valence-electron chi connectivity index (χ2n) is 5.70. The Morgan fingerprint density at radius 1 is 1.30 bits per heavy atom. The lowest BCUT2D eigenvalue weighted by Crippen LogP contribution is -2.44. The normalized spacial score (nSPS) is 16.2. The Kier molecular flexibility index (Phi) is 3.92. The van der Waals surface area contributed by atoms with Crippen LogP contribution in [-0.2, 0) is 11.3 Å². The lowest BCUT2D eigenvalue weighted by molar-refractivity contribution is 0.229. The molecule has 4 rings (SSSR count). The SMILES string of the molecule is NC1(c2noc(-c3ccccc3SCc3cscn3)n2)CCC1. The molecule has 0 aliphatic heterocycles. The van der Waals surface area contributed by atoms with Crippen LogP contribution in [0.25, 0.3) is 11.5 Å². The van der Waals surface area contributed by atoms with Gasteiger partial charge in [0.25, 0.3) is 5.89 Å². The number of nitrogens with two attached hydrogens (primary N) is 1. The summed E-state index contributed by atoms with van der Waals surface area (Å²) in [5, 5.41) is 6.17. The molecule has 0 amide bonds. The molecule has 5 nitrogen and oxygen atoms in total. The molecular weight excluding hydrogens is 328 g/mol. The van der Waals surface area contributed by atoms with Gasteiger partial charge < -0.3 is 10.3 Å². The van der Waals surface area contributed by atoms with Gasteiger partial charge in [0, 0.05) is 16.0 Å². The Morgan fingerprint density at radius 3 is 2.91 bits per heavy atom. The molecule has 1 aliphatic carbocycles. The van der Waals surface area contributed by atoms with E-state index in [1.165, 1.54) is 0 Å². The van der Waals surface area contributed by atoms with Crippen LogP contribution in [0.1, 0.15) is 30.8 Å². The van der Waals surface area contributed by atoms with Crippen molar-refractivity contribution in [1.29, 1.82) is 0 Å². The van der Waals surface area contributed by atoms with Crippen molar-refractivity contribution in [2.45, 2.75) is 35.4 Å². The van der Waals surface area contributed by atoms with Crippen molar-refractivity contribution >= 4 is 23.1 Å². The third-order valence-electron chi connectivity index (χ3n) is 4.09. The van der Waals surface area contributed by atoms with Crippen LogP contribution in [0.4, 0.5) is 0 Å². The Morgan fingerprint density at radius 2 is 2.17 bits per heavy atom. The van der Waals surface area contributed by atoms with Crippen molar-refractivity contribution in [1.82, 2.24) is 15.1 Å². The maximum Gasteiger partial charge on any atom is 0.259 e. The predicted molar refractivity (Wildman–Crippen MR) is 91.1 cm³/mol. The van der Waals surface area contributed by atoms with Gasteiger partial charge in [0.1, 0.15) is 0 Å². The number of rotatable bonds is 5. The molecule has 23 heavy (non-hydrogen) atoms. The highest BCUT2D eigenvalue weighted by molar-refractivity contribution is 7.98. The lowest BCUT2D eigenvalue weighted by Gasteiger charge is -2.34. The first-order chi connectivity index (χ1) is 11.2. The van der Waals surface area contributed by atoms with Gasteiger partial charge in [-0.25, -0.2) is 4.98 Å². The maximum absolute atomic E-state index is 6.28. The zero-order valence-electron chi connectivity index (χ0n) is 12.4. The molecule has 3 aromatic rings. The molecule has 0 atom stereocenters. The molecule has 2 aromatic heterocycles. The number of nitrogens with zero attached hydrogens (tertiary/aromatic N) is 3. The van der Waals surface area contributed by atoms with Gasteiger partial charge >= 0.3 is 0 Å². The molecule has 118 valence electrons. The van der Waals surface area contributed by atoms with Crippen LogP contribution in [0.3, 0.4) is 0 Å². The van der Waals surface area contributed by atoms with E-state index >= 15 is 0 Å². The monoisotopic (exact) mass is 344 g/mol. The van der Waals surface area contributed by atoms with E-state index in [1.807, 2.05) is 23.7 Å². The fourth-order valence-corrected chi connectivity index (χ4v) is 4.16. The van der Waals surface area contributed by atoms with Gasteiger partial charge in [-0.2, -0.15) is 4.98 Å². The number of thiazole rings is 1. The number of benzene rings is 1. The summed E-state index contributed by atoms with van der Waals surface area (Å²) in [6, 6.07) is 8.07. The van der Waals surface area contributed by atoms with Gasteiger partial charge in [0.2, 0.25) is 0 Å². The minimum atomic E-state index is -0.398. The van der Waals surface area contributed by atoms with E-state index in [4.69, 9.17) is 10.3 Å². The van der Waals surface area contributed by atoms with E-state index in [0.717, 1.165) is 41.2 Å². The average molecular weight is 344 g/mol. The van der Waals surface area contributed by atoms with Crippen molar-refractivity contribution in [2.24, 2.45) is 5.73 Å². The summed E-state index contributed by atoms with van der Waals surface area (Å²) >= 11 is 3.33. The minimum absolute atomic E-state index is 0.398. The molecular formula is C16H16N4OS2. The zero-order chi connectivity index (χ0) is 15.7. The first-order valence-corrected chi connectivity index (χ1v) is 9.40. The molecule has 1 aromatic carbocycles. The molecule has 0 bridgehead atoms. The van der Waals surface area contributed by atoms with Crippen LogP contribution >= 0.6 is 23.1 Å². The number of hydrogen-bond donors (Lipinski definition) is 1. The van der Waals surface area contributed by atoms with Gasteiger partial charge in [-0.05, 0) is 31.4 Å². The third-order valence-corrected chi connectivity index (χ3v) is 5.84. The molecule has 0 spiro atoms. The molecule has 0 radical (unpaired) electrons. The summed E-state index contributed by atoms with van der Waals surface area (Å²) in [5.74, 6) is 1.98. The average Bonchev–Trinajstić information content (AvgIpc) is 3.22. The van der Waals surface area contributed by atoms with Crippen molar-refractivity contribution in [3.8, 4) is 11.5 Å². The van der Waals surface area contributed by atoms with Crippen molar-refractivity contribution in [2.75, 3.05) is 0 Å². The standard InChI is InChI=1S/C16H16N4OS2/c17-16(6-3-7-16)15-19-14(21-20-15)12-4-1-2-5-13(12)23-9-11-8-22-10-18-11/h1-2,4-5,8,10H,3,6-7,9,17H2. The molecule has 0 unspecified atom stereocenters. The summed E-state index contributed by atoms with van der Waals surface area (Å²) in [6.45, 7) is 0. The predicted octanol–water partition coefficient (Wildman–Crippen LogP) is 3.82. The van der Waals surface area contributed by atoms with Crippen LogP contribution in [0.2, 0.25) is 0 Å². The van der Waals surface area contributed by atoms with E-state index in [0.29, 0.717) is 11.7 Å². The molecule has 0 saturated heterocycles. The van der Waals surface area contributed by atoms with Crippen LogP contribution in [0.15, 0.2) is 44.6 Å². The van der Waals surface area contributed by atoms with Gasteiger partial charge in [-0.15, -0.1) is 23.1 Å². The summed E-state index contributed by atoms with van der Waals surface area (Å²) in [6.07, 6.45) is 2.97. The third kappa shape index (κ3) is 2.91. The van der Waals surface area contributed by atoms with E-state index in [9.17, 15) is 0 Å². The lowest BCUT2D eigenvalue weighted by atomic mass is 9.77. The molecule has 1 fully saturated rings. The van der Waals surface area contributed by atoms with E-state index in [2.05, 4.69) is 26.6 Å². The van der Waals surface area contributed by atoms with Crippen molar-refractivity contribution in [3.63, 3.8) is 0 Å². The van der Waals surface area contributed by atoms with Gasteiger partial charge in [0.05, 0.1) is 22.3 Å². The zero-order valence-corrected chi connectivity index (χ0v) is 14.1. The highest BCUT2D eigenvalue weighted by Crippen LogP contribution is 2.39. The van der Waals surface area contributed by atoms with Crippen LogP contribution < -0.4 is 5.73 Å². The summed E-state index contributed by atoms with van der Waals surface area (Å²) in [4.78, 5) is 9.98.